The number of ether oxygens (including phenoxy) is 2. The first-order chi connectivity index (χ1) is 9.40. The van der Waals surface area contributed by atoms with Crippen LogP contribution in [0.15, 0.2) is 18.3 Å². The molecular formula is C16H21NO3. The zero-order valence-corrected chi connectivity index (χ0v) is 12.5. The molecule has 1 atom stereocenters. The number of allylic oxidation sites excluding steroid dienone is 1. The average Bonchev–Trinajstić information content (AvgIpc) is 2.36. The quantitative estimate of drug-likeness (QED) is 0.794. The maximum atomic E-state index is 12.0. The number of carbonyl (C=O) groups is 1. The molecule has 1 aromatic heterocycles. The number of carbonyl (C=O) groups excluding carboxylic acids is 1. The molecule has 0 spiro atoms. The van der Waals surface area contributed by atoms with Gasteiger partial charge in [0.05, 0.1) is 19.2 Å². The van der Waals surface area contributed by atoms with E-state index >= 15 is 0 Å². The molecule has 0 radical (unpaired) electrons. The van der Waals surface area contributed by atoms with Gasteiger partial charge in [-0.25, -0.2) is 0 Å². The van der Waals surface area contributed by atoms with Gasteiger partial charge in [0.15, 0.2) is 0 Å². The number of esters is 1. The van der Waals surface area contributed by atoms with Gasteiger partial charge in [-0.05, 0) is 39.3 Å². The molecule has 1 aliphatic rings. The first kappa shape index (κ1) is 14.6. The monoisotopic (exact) mass is 275 g/mol. The second-order valence-corrected chi connectivity index (χ2v) is 5.94. The second-order valence-electron chi connectivity index (χ2n) is 5.94. The molecule has 0 saturated heterocycles. The van der Waals surface area contributed by atoms with Gasteiger partial charge in [0.2, 0.25) is 0 Å². The summed E-state index contributed by atoms with van der Waals surface area (Å²) >= 11 is 0. The highest BCUT2D eigenvalue weighted by molar-refractivity contribution is 5.72. The van der Waals surface area contributed by atoms with Crippen LogP contribution in [0.2, 0.25) is 0 Å². The Bertz CT molecular complexity index is 529. The molecule has 1 heterocycles. The van der Waals surface area contributed by atoms with Gasteiger partial charge in [0.1, 0.15) is 11.4 Å². The number of aromatic nitrogens is 1. The highest BCUT2D eigenvalue weighted by Crippen LogP contribution is 2.37. The fourth-order valence-corrected chi connectivity index (χ4v) is 2.42. The number of pyridine rings is 1. The number of hydrogen-bond donors (Lipinski definition) is 0. The molecule has 108 valence electrons. The third-order valence-corrected chi connectivity index (χ3v) is 3.14. The van der Waals surface area contributed by atoms with E-state index in [9.17, 15) is 4.79 Å². The van der Waals surface area contributed by atoms with E-state index in [1.165, 1.54) is 0 Å². The van der Waals surface area contributed by atoms with Crippen LogP contribution in [0.3, 0.4) is 0 Å². The van der Waals surface area contributed by atoms with E-state index in [1.54, 1.807) is 13.3 Å². The number of fused-ring (bicyclic) bond motifs is 1. The first-order valence-corrected chi connectivity index (χ1v) is 6.82. The molecule has 0 amide bonds. The minimum Gasteiger partial charge on any atom is -0.496 e. The topological polar surface area (TPSA) is 48.4 Å². The molecular weight excluding hydrogens is 254 g/mol. The predicted octanol–water partition coefficient (Wildman–Crippen LogP) is 3.32. The van der Waals surface area contributed by atoms with Crippen molar-refractivity contribution in [3.8, 4) is 5.75 Å². The molecule has 0 bridgehead atoms. The molecule has 4 nitrogen and oxygen atoms in total. The van der Waals surface area contributed by atoms with Gasteiger partial charge in [0.25, 0.3) is 0 Å². The Morgan fingerprint density at radius 3 is 2.85 bits per heavy atom. The van der Waals surface area contributed by atoms with Crippen LogP contribution in [0, 0.1) is 0 Å². The van der Waals surface area contributed by atoms with Crippen molar-refractivity contribution >= 4 is 12.0 Å². The minimum absolute atomic E-state index is 0.0634. The van der Waals surface area contributed by atoms with Crippen LogP contribution in [-0.2, 0) is 9.53 Å². The molecule has 4 heteroatoms. The van der Waals surface area contributed by atoms with Crippen LogP contribution in [0.25, 0.3) is 6.08 Å². The number of methoxy groups -OCH3 is 1. The molecule has 20 heavy (non-hydrogen) atoms. The van der Waals surface area contributed by atoms with E-state index < -0.39 is 5.60 Å². The third-order valence-electron chi connectivity index (χ3n) is 3.14. The Hall–Kier alpha value is -1.84. The average molecular weight is 275 g/mol. The lowest BCUT2D eigenvalue weighted by Crippen LogP contribution is -2.25. The normalized spacial score (nSPS) is 17.5. The Morgan fingerprint density at radius 2 is 2.20 bits per heavy atom. The van der Waals surface area contributed by atoms with Crippen molar-refractivity contribution in [2.75, 3.05) is 7.11 Å². The SMILES string of the molecule is COc1ccnc2c1[C@@H](CC(=O)OC(C)(C)C)CC=C2. The van der Waals surface area contributed by atoms with Crippen LogP contribution in [-0.4, -0.2) is 23.7 Å². The van der Waals surface area contributed by atoms with Crippen molar-refractivity contribution in [3.05, 3.63) is 29.6 Å². The molecule has 1 aliphatic carbocycles. The van der Waals surface area contributed by atoms with Gasteiger partial charge >= 0.3 is 5.97 Å². The zero-order chi connectivity index (χ0) is 14.8. The Morgan fingerprint density at radius 1 is 1.45 bits per heavy atom. The van der Waals surface area contributed by atoms with Crippen LogP contribution >= 0.6 is 0 Å². The number of hydrogen-bond acceptors (Lipinski definition) is 4. The highest BCUT2D eigenvalue weighted by Gasteiger charge is 2.26. The number of rotatable bonds is 3. The summed E-state index contributed by atoms with van der Waals surface area (Å²) in [5.41, 5.74) is 1.43. The van der Waals surface area contributed by atoms with E-state index in [-0.39, 0.29) is 11.9 Å². The summed E-state index contributed by atoms with van der Waals surface area (Å²) in [6.07, 6.45) is 6.88. The summed E-state index contributed by atoms with van der Waals surface area (Å²) in [7, 11) is 1.64. The van der Waals surface area contributed by atoms with Crippen molar-refractivity contribution in [1.82, 2.24) is 4.98 Å². The Labute approximate surface area is 119 Å². The van der Waals surface area contributed by atoms with E-state index in [0.29, 0.717) is 6.42 Å². The molecule has 0 saturated carbocycles. The van der Waals surface area contributed by atoms with Crippen LogP contribution in [0.1, 0.15) is 50.8 Å². The number of nitrogens with zero attached hydrogens (tertiary/aromatic N) is 1. The molecule has 0 fully saturated rings. The van der Waals surface area contributed by atoms with Gasteiger partial charge < -0.3 is 9.47 Å². The molecule has 0 unspecified atom stereocenters. The maximum Gasteiger partial charge on any atom is 0.306 e. The second kappa shape index (κ2) is 5.65. The van der Waals surface area contributed by atoms with E-state index in [4.69, 9.17) is 9.47 Å². The van der Waals surface area contributed by atoms with Crippen molar-refractivity contribution in [3.63, 3.8) is 0 Å². The standard InChI is InChI=1S/C16H21NO3/c1-16(2,3)20-14(18)10-11-6-5-7-12-15(11)13(19-4)8-9-17-12/h5,7-9,11H,6,10H2,1-4H3/t11-/m1/s1. The third kappa shape index (κ3) is 3.38. The largest absolute Gasteiger partial charge is 0.496 e. The summed E-state index contributed by atoms with van der Waals surface area (Å²) < 4.78 is 10.8. The Kier molecular flexibility index (Phi) is 4.12. The lowest BCUT2D eigenvalue weighted by atomic mass is 9.86. The summed E-state index contributed by atoms with van der Waals surface area (Å²) in [4.78, 5) is 16.4. The van der Waals surface area contributed by atoms with Gasteiger partial charge in [-0.3, -0.25) is 9.78 Å². The predicted molar refractivity (Wildman–Crippen MR) is 77.6 cm³/mol. The molecule has 0 aliphatic heterocycles. The van der Waals surface area contributed by atoms with Crippen LogP contribution in [0.4, 0.5) is 0 Å². The van der Waals surface area contributed by atoms with Crippen LogP contribution in [0.5, 0.6) is 5.75 Å². The molecule has 2 rings (SSSR count). The fraction of sp³-hybridized carbons (Fsp3) is 0.500. The first-order valence-electron chi connectivity index (χ1n) is 6.82. The molecule has 0 aromatic carbocycles. The van der Waals surface area contributed by atoms with Crippen LogP contribution < -0.4 is 4.74 Å². The van der Waals surface area contributed by atoms with E-state index in [1.807, 2.05) is 39.0 Å². The van der Waals surface area contributed by atoms with Gasteiger partial charge in [-0.15, -0.1) is 0 Å². The van der Waals surface area contributed by atoms with Crippen molar-refractivity contribution < 1.29 is 14.3 Å². The molecule has 0 N–H and O–H groups in total. The summed E-state index contributed by atoms with van der Waals surface area (Å²) in [6, 6.07) is 1.83. The summed E-state index contributed by atoms with van der Waals surface area (Å²) in [5, 5.41) is 0. The van der Waals surface area contributed by atoms with E-state index in [2.05, 4.69) is 4.98 Å². The van der Waals surface area contributed by atoms with E-state index in [0.717, 1.165) is 23.4 Å². The highest BCUT2D eigenvalue weighted by atomic mass is 16.6. The smallest absolute Gasteiger partial charge is 0.306 e. The molecule has 1 aromatic rings. The van der Waals surface area contributed by atoms with Crippen molar-refractivity contribution in [1.29, 1.82) is 0 Å². The lowest BCUT2D eigenvalue weighted by Gasteiger charge is -2.25. The van der Waals surface area contributed by atoms with Gasteiger partial charge in [-0.1, -0.05) is 6.08 Å². The Balaban J connectivity index is 2.20. The summed E-state index contributed by atoms with van der Waals surface area (Å²) in [6.45, 7) is 5.63. The van der Waals surface area contributed by atoms with Crippen molar-refractivity contribution in [2.24, 2.45) is 0 Å². The zero-order valence-electron chi connectivity index (χ0n) is 12.5. The minimum atomic E-state index is -0.455. The fourth-order valence-electron chi connectivity index (χ4n) is 2.42. The maximum absolute atomic E-state index is 12.0. The lowest BCUT2D eigenvalue weighted by molar-refractivity contribution is -0.155. The van der Waals surface area contributed by atoms with Gasteiger partial charge in [0, 0.05) is 17.7 Å². The van der Waals surface area contributed by atoms with Gasteiger partial charge in [-0.2, -0.15) is 0 Å². The van der Waals surface area contributed by atoms with Crippen molar-refractivity contribution in [2.45, 2.75) is 45.1 Å². The summed E-state index contributed by atoms with van der Waals surface area (Å²) in [5.74, 6) is 0.663.